The fourth-order valence-corrected chi connectivity index (χ4v) is 4.54. The van der Waals surface area contributed by atoms with Crippen LogP contribution in [-0.2, 0) is 16.0 Å². The Balaban J connectivity index is 1.58. The average Bonchev–Trinajstić information content (AvgIpc) is 2.96. The van der Waals surface area contributed by atoms with Crippen LogP contribution in [0.4, 0.5) is 0 Å². The second kappa shape index (κ2) is 13.5. The summed E-state index contributed by atoms with van der Waals surface area (Å²) in [6.07, 6.45) is -7.44. The van der Waals surface area contributed by atoms with E-state index in [4.69, 9.17) is 30.1 Å². The van der Waals surface area contributed by atoms with Crippen LogP contribution < -0.4 is 19.9 Å². The number of rotatable bonds is 12. The maximum Gasteiger partial charge on any atom is 0.335 e. The minimum absolute atomic E-state index is 0.106. The Bertz CT molecular complexity index is 1410. The number of ether oxygens (including phenoxy) is 4. The molecule has 0 amide bonds. The van der Waals surface area contributed by atoms with Crippen LogP contribution in [0.5, 0.6) is 23.0 Å². The number of nitrogen functional groups attached to an aromatic ring is 1. The van der Waals surface area contributed by atoms with Crippen molar-refractivity contribution in [1.29, 1.82) is 5.41 Å². The van der Waals surface area contributed by atoms with E-state index < -0.39 is 36.7 Å². The first-order chi connectivity index (χ1) is 20.1. The first-order valence-electron chi connectivity index (χ1n) is 13.3. The van der Waals surface area contributed by atoms with Crippen LogP contribution in [0.15, 0.2) is 60.7 Å². The Hall–Kier alpha value is -4.36. The number of benzene rings is 3. The van der Waals surface area contributed by atoms with Crippen molar-refractivity contribution >= 4 is 11.8 Å². The Morgan fingerprint density at radius 1 is 0.952 bits per heavy atom. The Labute approximate surface area is 242 Å². The molecular formula is C30H34N2O10. The highest BCUT2D eigenvalue weighted by molar-refractivity contribution is 5.96. The first-order valence-corrected chi connectivity index (χ1v) is 13.3. The van der Waals surface area contributed by atoms with E-state index in [9.17, 15) is 30.3 Å². The largest absolute Gasteiger partial charge is 0.508 e. The lowest BCUT2D eigenvalue weighted by Crippen LogP contribution is -2.61. The number of aliphatic hydroxyl groups is 3. The predicted molar refractivity (Wildman–Crippen MR) is 151 cm³/mol. The third kappa shape index (κ3) is 7.09. The third-order valence-corrected chi connectivity index (χ3v) is 6.67. The van der Waals surface area contributed by atoms with Crippen molar-refractivity contribution in [2.75, 3.05) is 13.2 Å². The minimum Gasteiger partial charge on any atom is -0.508 e. The van der Waals surface area contributed by atoms with Crippen molar-refractivity contribution in [2.24, 2.45) is 5.73 Å². The molecule has 224 valence electrons. The number of phenolic OH excluding ortho intramolecular Hbond substituents is 1. The van der Waals surface area contributed by atoms with Gasteiger partial charge in [0.15, 0.2) is 6.10 Å². The maximum absolute atomic E-state index is 11.6. The Morgan fingerprint density at radius 3 is 2.40 bits per heavy atom. The van der Waals surface area contributed by atoms with E-state index in [2.05, 4.69) is 0 Å². The number of nitrogens with one attached hydrogen (secondary N) is 1. The fourth-order valence-electron chi connectivity index (χ4n) is 4.54. The molecule has 1 aliphatic rings. The Kier molecular flexibility index (Phi) is 9.86. The van der Waals surface area contributed by atoms with Gasteiger partial charge in [0.05, 0.1) is 0 Å². The van der Waals surface area contributed by atoms with Crippen LogP contribution in [0.2, 0.25) is 0 Å². The van der Waals surface area contributed by atoms with Gasteiger partial charge in [0.25, 0.3) is 0 Å². The zero-order chi connectivity index (χ0) is 30.4. The molecule has 0 unspecified atom stereocenters. The summed E-state index contributed by atoms with van der Waals surface area (Å²) in [6, 6.07) is 16.7. The topological polar surface area (TPSA) is 205 Å². The number of aliphatic carboxylic acids is 1. The number of carbonyl (C=O) groups is 1. The van der Waals surface area contributed by atoms with Gasteiger partial charge < -0.3 is 50.2 Å². The first kappa shape index (κ1) is 30.6. The fraction of sp³-hybridized carbons (Fsp3) is 0.333. The van der Waals surface area contributed by atoms with Gasteiger partial charge in [-0.2, -0.15) is 0 Å². The second-order valence-corrected chi connectivity index (χ2v) is 9.74. The van der Waals surface area contributed by atoms with Crippen molar-refractivity contribution in [1.82, 2.24) is 0 Å². The zero-order valence-electron chi connectivity index (χ0n) is 22.8. The summed E-state index contributed by atoms with van der Waals surface area (Å²) in [7, 11) is 0. The molecule has 3 aromatic rings. The average molecular weight is 583 g/mol. The molecule has 0 bridgehead atoms. The SMILES string of the molecule is CCCc1cc(-c2ccc(C(=N)N)cc2O[C@@H]2O[C@H](C(=O)O)[C@@H](O)[C@H](O)[C@H]2O)ccc1OCCOc1cccc(O)c1. The van der Waals surface area contributed by atoms with Gasteiger partial charge in [0, 0.05) is 17.2 Å². The van der Waals surface area contributed by atoms with Crippen LogP contribution in [0.1, 0.15) is 24.5 Å². The van der Waals surface area contributed by atoms with E-state index in [0.717, 1.165) is 12.0 Å². The molecular weight excluding hydrogens is 548 g/mol. The van der Waals surface area contributed by atoms with E-state index in [-0.39, 0.29) is 30.5 Å². The summed E-state index contributed by atoms with van der Waals surface area (Å²) in [5.41, 5.74) is 8.07. The summed E-state index contributed by atoms with van der Waals surface area (Å²) in [4.78, 5) is 11.6. The van der Waals surface area contributed by atoms with Crippen molar-refractivity contribution in [3.8, 4) is 34.1 Å². The lowest BCUT2D eigenvalue weighted by atomic mass is 9.97. The summed E-state index contributed by atoms with van der Waals surface area (Å²) in [6.45, 7) is 2.53. The van der Waals surface area contributed by atoms with Crippen molar-refractivity contribution in [2.45, 2.75) is 50.5 Å². The van der Waals surface area contributed by atoms with E-state index in [0.29, 0.717) is 34.6 Å². The van der Waals surface area contributed by atoms with Crippen molar-refractivity contribution < 1.29 is 49.3 Å². The Morgan fingerprint density at radius 2 is 1.71 bits per heavy atom. The minimum atomic E-state index is -1.87. The summed E-state index contributed by atoms with van der Waals surface area (Å²) < 4.78 is 22.8. The third-order valence-electron chi connectivity index (χ3n) is 6.67. The number of nitrogens with two attached hydrogens (primary N) is 1. The van der Waals surface area contributed by atoms with Gasteiger partial charge in [0.1, 0.15) is 60.4 Å². The number of aryl methyl sites for hydroxylation is 1. The van der Waals surface area contributed by atoms with Gasteiger partial charge in [-0.05, 0) is 53.9 Å². The molecule has 0 radical (unpaired) electrons. The highest BCUT2D eigenvalue weighted by Crippen LogP contribution is 2.36. The van der Waals surface area contributed by atoms with Gasteiger partial charge in [0.2, 0.25) is 6.29 Å². The molecule has 0 aromatic heterocycles. The number of hydrogen-bond acceptors (Lipinski definition) is 10. The molecule has 1 fully saturated rings. The highest BCUT2D eigenvalue weighted by Gasteiger charge is 2.48. The summed E-state index contributed by atoms with van der Waals surface area (Å²) in [5, 5.41) is 57.5. The zero-order valence-corrected chi connectivity index (χ0v) is 22.8. The van der Waals surface area contributed by atoms with Crippen LogP contribution in [0.25, 0.3) is 11.1 Å². The van der Waals surface area contributed by atoms with E-state index in [1.807, 2.05) is 13.0 Å². The van der Waals surface area contributed by atoms with E-state index >= 15 is 0 Å². The second-order valence-electron chi connectivity index (χ2n) is 9.74. The number of carboxylic acids is 1. The molecule has 0 saturated carbocycles. The molecule has 5 atom stereocenters. The van der Waals surface area contributed by atoms with Crippen LogP contribution in [0, 0.1) is 5.41 Å². The van der Waals surface area contributed by atoms with Gasteiger partial charge in [-0.25, -0.2) is 4.79 Å². The van der Waals surface area contributed by atoms with Gasteiger partial charge in [-0.1, -0.05) is 31.5 Å². The molecule has 42 heavy (non-hydrogen) atoms. The molecule has 4 rings (SSSR count). The molecule has 1 saturated heterocycles. The molecule has 3 aromatic carbocycles. The number of amidine groups is 1. The van der Waals surface area contributed by atoms with Crippen molar-refractivity contribution in [3.63, 3.8) is 0 Å². The number of hydrogen-bond donors (Lipinski definition) is 7. The summed E-state index contributed by atoms with van der Waals surface area (Å²) >= 11 is 0. The molecule has 0 aliphatic carbocycles. The normalized spacial score (nSPS) is 21.9. The van der Waals surface area contributed by atoms with E-state index in [1.165, 1.54) is 12.1 Å². The summed E-state index contributed by atoms with van der Waals surface area (Å²) in [5.74, 6) is -0.405. The highest BCUT2D eigenvalue weighted by atomic mass is 16.7. The van der Waals surface area contributed by atoms with Gasteiger partial charge in [-0.3, -0.25) is 5.41 Å². The maximum atomic E-state index is 11.6. The standard InChI is InChI=1S/C30H34N2O10/c1-2-4-17-13-16(8-10-22(17)40-12-11-39-20-6-3-5-19(33)15-20)21-9-7-18(28(31)32)14-23(21)41-30-26(36)24(34)25(35)27(42-30)29(37)38/h3,5-10,13-15,24-27,30,33-36H,2,4,11-12H2,1H3,(H3,31,32)(H,37,38)/t24-,25-,26+,27-,30+/m0/s1. The monoisotopic (exact) mass is 582 g/mol. The quantitative estimate of drug-likeness (QED) is 0.0934. The van der Waals surface area contributed by atoms with Gasteiger partial charge in [-0.15, -0.1) is 0 Å². The number of phenols is 1. The number of aliphatic hydroxyl groups excluding tert-OH is 3. The number of aromatic hydroxyl groups is 1. The van der Waals surface area contributed by atoms with Crippen molar-refractivity contribution in [3.05, 3.63) is 71.8 Å². The molecule has 8 N–H and O–H groups in total. The molecule has 12 nitrogen and oxygen atoms in total. The number of carboxylic acid groups (broad SMARTS) is 1. The van der Waals surface area contributed by atoms with Crippen LogP contribution in [-0.4, -0.2) is 81.3 Å². The molecule has 12 heteroatoms. The van der Waals surface area contributed by atoms with E-state index in [1.54, 1.807) is 42.5 Å². The molecule has 1 heterocycles. The predicted octanol–water partition coefficient (Wildman–Crippen LogP) is 2.02. The molecule has 1 aliphatic heterocycles. The van der Waals surface area contributed by atoms with Gasteiger partial charge >= 0.3 is 5.97 Å². The van der Waals surface area contributed by atoms with Crippen LogP contribution in [0.3, 0.4) is 0 Å². The lowest BCUT2D eigenvalue weighted by molar-refractivity contribution is -0.271. The molecule has 0 spiro atoms. The van der Waals surface area contributed by atoms with Crippen LogP contribution >= 0.6 is 0 Å². The lowest BCUT2D eigenvalue weighted by Gasteiger charge is -2.38. The smallest absolute Gasteiger partial charge is 0.335 e.